The highest BCUT2D eigenvalue weighted by atomic mass is 79.9. The monoisotopic (exact) mass is 401 g/mol. The zero-order chi connectivity index (χ0) is 14.8. The van der Waals surface area contributed by atoms with Crippen molar-refractivity contribution in [2.75, 3.05) is 6.61 Å². The molecule has 0 amide bonds. The van der Waals surface area contributed by atoms with Crippen LogP contribution in [0.2, 0.25) is 0 Å². The number of aliphatic hydroxyl groups excluding tert-OH is 1. The van der Waals surface area contributed by atoms with Gasteiger partial charge in [0.2, 0.25) is 0 Å². The molecular formula is C15H17Br2NO2. The molecule has 0 aliphatic heterocycles. The lowest BCUT2D eigenvalue weighted by atomic mass is 10.1. The first kappa shape index (κ1) is 15.8. The number of halogens is 2. The Morgan fingerprint density at radius 2 is 1.95 bits per heavy atom. The van der Waals surface area contributed by atoms with Gasteiger partial charge in [-0.15, -0.1) is 0 Å². The summed E-state index contributed by atoms with van der Waals surface area (Å²) in [6, 6.07) is 9.88. The lowest BCUT2D eigenvalue weighted by molar-refractivity contribution is 0.184. The molecule has 1 aromatic carbocycles. The average molecular weight is 403 g/mol. The molecule has 1 aromatic heterocycles. The largest absolute Gasteiger partial charge is 0.460 e. The molecular weight excluding hydrogens is 386 g/mol. The van der Waals surface area contributed by atoms with Crippen molar-refractivity contribution in [1.29, 1.82) is 0 Å². The van der Waals surface area contributed by atoms with Crippen LogP contribution < -0.4 is 5.32 Å². The van der Waals surface area contributed by atoms with Gasteiger partial charge >= 0.3 is 0 Å². The molecule has 20 heavy (non-hydrogen) atoms. The van der Waals surface area contributed by atoms with Gasteiger partial charge in [0.05, 0.1) is 13.2 Å². The summed E-state index contributed by atoms with van der Waals surface area (Å²) in [5, 5.41) is 12.5. The van der Waals surface area contributed by atoms with Crippen LogP contribution in [0.15, 0.2) is 43.7 Å². The third-order valence-electron chi connectivity index (χ3n) is 2.99. The Labute approximate surface area is 135 Å². The zero-order valence-electron chi connectivity index (χ0n) is 11.4. The minimum absolute atomic E-state index is 0.0822. The van der Waals surface area contributed by atoms with E-state index >= 15 is 0 Å². The maximum absolute atomic E-state index is 9.21. The standard InChI is InChI=1S/C15H17Br2NO2/c1-15(2,9-19)18-8-11-4-6-14(20-11)12-5-3-10(16)7-13(12)17/h3-7,18-19H,8-9H2,1-2H3. The lowest BCUT2D eigenvalue weighted by Gasteiger charge is -2.22. The molecule has 0 atom stereocenters. The first-order chi connectivity index (χ1) is 9.41. The van der Waals surface area contributed by atoms with E-state index in [1.54, 1.807) is 0 Å². The average Bonchev–Trinajstić information content (AvgIpc) is 2.85. The summed E-state index contributed by atoms with van der Waals surface area (Å²) in [5.74, 6) is 1.67. The van der Waals surface area contributed by atoms with Crippen LogP contribution in [0.3, 0.4) is 0 Å². The second-order valence-electron chi connectivity index (χ2n) is 5.29. The molecule has 0 bridgehead atoms. The van der Waals surface area contributed by atoms with Crippen LogP contribution in [0.5, 0.6) is 0 Å². The fraction of sp³-hybridized carbons (Fsp3) is 0.333. The Balaban J connectivity index is 2.13. The number of nitrogens with one attached hydrogen (secondary N) is 1. The first-order valence-corrected chi connectivity index (χ1v) is 7.90. The summed E-state index contributed by atoms with van der Waals surface area (Å²) in [4.78, 5) is 0. The topological polar surface area (TPSA) is 45.4 Å². The van der Waals surface area contributed by atoms with Crippen molar-refractivity contribution in [3.05, 3.63) is 45.0 Å². The predicted octanol–water partition coefficient (Wildman–Crippen LogP) is 4.33. The molecule has 0 radical (unpaired) electrons. The molecule has 1 heterocycles. The van der Waals surface area contributed by atoms with Gasteiger partial charge < -0.3 is 14.8 Å². The zero-order valence-corrected chi connectivity index (χ0v) is 14.6. The summed E-state index contributed by atoms with van der Waals surface area (Å²) < 4.78 is 7.84. The van der Waals surface area contributed by atoms with Gasteiger partial charge in [-0.05, 0) is 60.1 Å². The highest BCUT2D eigenvalue weighted by Gasteiger charge is 2.16. The van der Waals surface area contributed by atoms with Gasteiger partial charge in [-0.25, -0.2) is 0 Å². The number of hydrogen-bond acceptors (Lipinski definition) is 3. The van der Waals surface area contributed by atoms with E-state index in [2.05, 4.69) is 37.2 Å². The second kappa shape index (κ2) is 6.43. The lowest BCUT2D eigenvalue weighted by Crippen LogP contribution is -2.41. The second-order valence-corrected chi connectivity index (χ2v) is 7.06. The van der Waals surface area contributed by atoms with E-state index < -0.39 is 0 Å². The Morgan fingerprint density at radius 1 is 1.20 bits per heavy atom. The van der Waals surface area contributed by atoms with Crippen molar-refractivity contribution < 1.29 is 9.52 Å². The fourth-order valence-electron chi connectivity index (χ4n) is 1.69. The van der Waals surface area contributed by atoms with Gasteiger partial charge in [-0.1, -0.05) is 15.9 Å². The van der Waals surface area contributed by atoms with Crippen molar-refractivity contribution in [2.45, 2.75) is 25.9 Å². The Hall–Kier alpha value is -0.620. The normalized spacial score (nSPS) is 11.8. The molecule has 5 heteroatoms. The van der Waals surface area contributed by atoms with Gasteiger partial charge in [0.15, 0.2) is 0 Å². The van der Waals surface area contributed by atoms with Crippen LogP contribution in [0.25, 0.3) is 11.3 Å². The molecule has 0 spiro atoms. The summed E-state index contributed by atoms with van der Waals surface area (Å²) in [7, 11) is 0. The summed E-state index contributed by atoms with van der Waals surface area (Å²) in [6.45, 7) is 4.56. The maximum Gasteiger partial charge on any atom is 0.135 e. The smallest absolute Gasteiger partial charge is 0.135 e. The van der Waals surface area contributed by atoms with Crippen molar-refractivity contribution in [3.63, 3.8) is 0 Å². The Bertz CT molecular complexity index is 593. The van der Waals surface area contributed by atoms with Crippen molar-refractivity contribution in [3.8, 4) is 11.3 Å². The van der Waals surface area contributed by atoms with E-state index in [0.717, 1.165) is 26.0 Å². The van der Waals surface area contributed by atoms with E-state index in [1.165, 1.54) is 0 Å². The Morgan fingerprint density at radius 3 is 2.60 bits per heavy atom. The quantitative estimate of drug-likeness (QED) is 0.782. The molecule has 0 aliphatic rings. The molecule has 2 N–H and O–H groups in total. The maximum atomic E-state index is 9.21. The van der Waals surface area contributed by atoms with Crippen LogP contribution in [0.4, 0.5) is 0 Å². The van der Waals surface area contributed by atoms with Gasteiger partial charge in [0.1, 0.15) is 11.5 Å². The third kappa shape index (κ3) is 3.95. The molecule has 0 saturated heterocycles. The van der Waals surface area contributed by atoms with E-state index in [4.69, 9.17) is 4.42 Å². The van der Waals surface area contributed by atoms with Crippen LogP contribution in [0, 0.1) is 0 Å². The number of hydrogen-bond donors (Lipinski definition) is 2. The van der Waals surface area contributed by atoms with Gasteiger partial charge in [-0.2, -0.15) is 0 Å². The summed E-state index contributed by atoms with van der Waals surface area (Å²) in [5.41, 5.74) is 0.700. The minimum atomic E-state index is -0.314. The molecule has 2 rings (SSSR count). The third-order valence-corrected chi connectivity index (χ3v) is 4.14. The molecule has 3 nitrogen and oxygen atoms in total. The summed E-state index contributed by atoms with van der Waals surface area (Å²) >= 11 is 6.97. The molecule has 0 unspecified atom stereocenters. The number of rotatable bonds is 5. The number of aliphatic hydroxyl groups is 1. The van der Waals surface area contributed by atoms with E-state index in [-0.39, 0.29) is 12.1 Å². The van der Waals surface area contributed by atoms with E-state index in [9.17, 15) is 5.11 Å². The molecule has 2 aromatic rings. The molecule has 0 fully saturated rings. The van der Waals surface area contributed by atoms with Gasteiger partial charge in [0.25, 0.3) is 0 Å². The highest BCUT2D eigenvalue weighted by Crippen LogP contribution is 2.31. The van der Waals surface area contributed by atoms with Crippen molar-refractivity contribution >= 4 is 31.9 Å². The first-order valence-electron chi connectivity index (χ1n) is 6.31. The van der Waals surface area contributed by atoms with E-state index in [0.29, 0.717) is 6.54 Å². The van der Waals surface area contributed by atoms with Crippen LogP contribution >= 0.6 is 31.9 Å². The Kier molecular flexibility index (Phi) is 5.07. The molecule has 108 valence electrons. The fourth-order valence-corrected chi connectivity index (χ4v) is 2.93. The summed E-state index contributed by atoms with van der Waals surface area (Å²) in [6.07, 6.45) is 0. The van der Waals surface area contributed by atoms with Crippen LogP contribution in [-0.4, -0.2) is 17.3 Å². The number of furan rings is 1. The van der Waals surface area contributed by atoms with Gasteiger partial charge in [-0.3, -0.25) is 0 Å². The van der Waals surface area contributed by atoms with Crippen molar-refractivity contribution in [1.82, 2.24) is 5.32 Å². The highest BCUT2D eigenvalue weighted by molar-refractivity contribution is 9.11. The van der Waals surface area contributed by atoms with Crippen molar-refractivity contribution in [2.24, 2.45) is 0 Å². The molecule has 0 saturated carbocycles. The van der Waals surface area contributed by atoms with E-state index in [1.807, 2.05) is 44.2 Å². The minimum Gasteiger partial charge on any atom is -0.460 e. The van der Waals surface area contributed by atoms with Crippen LogP contribution in [0.1, 0.15) is 19.6 Å². The van der Waals surface area contributed by atoms with Gasteiger partial charge in [0, 0.05) is 20.0 Å². The van der Waals surface area contributed by atoms with Crippen LogP contribution in [-0.2, 0) is 6.54 Å². The molecule has 0 aliphatic carbocycles. The number of benzene rings is 1. The predicted molar refractivity (Wildman–Crippen MR) is 87.5 cm³/mol. The SMILES string of the molecule is CC(C)(CO)NCc1ccc(-c2ccc(Br)cc2Br)o1.